The van der Waals surface area contributed by atoms with Crippen LogP contribution in [0.15, 0.2) is 0 Å². The molecule has 0 aromatic carbocycles. The average Bonchev–Trinajstić information content (AvgIpc) is 2.31. The first-order chi connectivity index (χ1) is 8.10. The van der Waals surface area contributed by atoms with E-state index in [1.54, 1.807) is 0 Å². The summed E-state index contributed by atoms with van der Waals surface area (Å²) in [7, 11) is 0. The third-order valence-electron chi connectivity index (χ3n) is 3.52. The van der Waals surface area contributed by atoms with E-state index < -0.39 is 5.41 Å². The maximum atomic E-state index is 11.8. The highest BCUT2D eigenvalue weighted by atomic mass is 16.5. The predicted octanol–water partition coefficient (Wildman–Crippen LogP) is 3.09. The van der Waals surface area contributed by atoms with E-state index >= 15 is 0 Å². The summed E-state index contributed by atoms with van der Waals surface area (Å²) in [6.07, 6.45) is 4.82. The van der Waals surface area contributed by atoms with Gasteiger partial charge in [0.15, 0.2) is 5.78 Å². The molecule has 0 saturated heterocycles. The summed E-state index contributed by atoms with van der Waals surface area (Å²) in [5, 5.41) is 9.23. The van der Waals surface area contributed by atoms with Crippen molar-refractivity contribution in [2.45, 2.75) is 52.4 Å². The minimum absolute atomic E-state index is 0.124. The Balaban J connectivity index is 2.32. The van der Waals surface area contributed by atoms with Crippen LogP contribution < -0.4 is 0 Å². The second-order valence-electron chi connectivity index (χ2n) is 5.37. The number of hydrogen-bond acceptors (Lipinski definition) is 3. The lowest BCUT2D eigenvalue weighted by Gasteiger charge is -2.28. The van der Waals surface area contributed by atoms with Crippen molar-refractivity contribution in [3.05, 3.63) is 0 Å². The SMILES string of the molecule is CC(C)CCOCCC1(C#N)CCCCC1=O. The van der Waals surface area contributed by atoms with E-state index in [1.165, 1.54) is 0 Å². The Morgan fingerprint density at radius 1 is 1.41 bits per heavy atom. The van der Waals surface area contributed by atoms with Gasteiger partial charge < -0.3 is 4.74 Å². The number of hydrogen-bond donors (Lipinski definition) is 0. The number of nitriles is 1. The smallest absolute Gasteiger partial charge is 0.153 e. The van der Waals surface area contributed by atoms with Crippen LogP contribution in [0.25, 0.3) is 0 Å². The maximum Gasteiger partial charge on any atom is 0.153 e. The van der Waals surface area contributed by atoms with E-state index in [0.717, 1.165) is 32.3 Å². The molecule has 1 rings (SSSR count). The van der Waals surface area contributed by atoms with Crippen molar-refractivity contribution >= 4 is 5.78 Å². The van der Waals surface area contributed by atoms with Crippen LogP contribution >= 0.6 is 0 Å². The van der Waals surface area contributed by atoms with Gasteiger partial charge in [-0.05, 0) is 31.6 Å². The zero-order valence-corrected chi connectivity index (χ0v) is 11.0. The van der Waals surface area contributed by atoms with Gasteiger partial charge >= 0.3 is 0 Å². The predicted molar refractivity (Wildman–Crippen MR) is 66.4 cm³/mol. The van der Waals surface area contributed by atoms with Crippen LogP contribution in [0.2, 0.25) is 0 Å². The van der Waals surface area contributed by atoms with Crippen molar-refractivity contribution in [2.24, 2.45) is 11.3 Å². The van der Waals surface area contributed by atoms with Gasteiger partial charge in [-0.3, -0.25) is 4.79 Å². The molecule has 1 fully saturated rings. The van der Waals surface area contributed by atoms with Crippen LogP contribution in [0, 0.1) is 22.7 Å². The van der Waals surface area contributed by atoms with Gasteiger partial charge in [-0.25, -0.2) is 0 Å². The molecule has 1 unspecified atom stereocenters. The highest BCUT2D eigenvalue weighted by Gasteiger charge is 2.39. The zero-order chi connectivity index (χ0) is 12.7. The fourth-order valence-electron chi connectivity index (χ4n) is 2.20. The summed E-state index contributed by atoms with van der Waals surface area (Å²) in [5.74, 6) is 0.759. The first-order valence-electron chi connectivity index (χ1n) is 6.63. The van der Waals surface area contributed by atoms with Crippen molar-refractivity contribution in [1.82, 2.24) is 0 Å². The molecule has 96 valence electrons. The Kier molecular flexibility index (Phi) is 5.64. The molecule has 0 aromatic heterocycles. The van der Waals surface area contributed by atoms with Crippen molar-refractivity contribution in [3.8, 4) is 6.07 Å². The molecule has 0 radical (unpaired) electrons. The van der Waals surface area contributed by atoms with Gasteiger partial charge in [0, 0.05) is 19.6 Å². The molecule has 0 heterocycles. The highest BCUT2D eigenvalue weighted by Crippen LogP contribution is 2.35. The lowest BCUT2D eigenvalue weighted by Crippen LogP contribution is -2.34. The first-order valence-corrected chi connectivity index (χ1v) is 6.63. The topological polar surface area (TPSA) is 50.1 Å². The van der Waals surface area contributed by atoms with E-state index in [2.05, 4.69) is 19.9 Å². The van der Waals surface area contributed by atoms with Crippen LogP contribution in [0.5, 0.6) is 0 Å². The standard InChI is InChI=1S/C14H23NO2/c1-12(2)6-9-17-10-8-14(11-15)7-4-3-5-13(14)16/h12H,3-10H2,1-2H3. The number of Topliss-reactive ketones (excluding diaryl/α,β-unsaturated/α-hetero) is 1. The van der Waals surface area contributed by atoms with Gasteiger partial charge in [0.1, 0.15) is 5.41 Å². The molecule has 0 N–H and O–H groups in total. The van der Waals surface area contributed by atoms with Crippen LogP contribution in [0.1, 0.15) is 52.4 Å². The molecule has 0 amide bonds. The Bertz CT molecular complexity index is 293. The summed E-state index contributed by atoms with van der Waals surface area (Å²) in [4.78, 5) is 11.8. The van der Waals surface area contributed by atoms with Gasteiger partial charge in [-0.15, -0.1) is 0 Å². The molecule has 0 aromatic rings. The molecule has 1 atom stereocenters. The number of ether oxygens (including phenoxy) is 1. The number of carbonyl (C=O) groups excluding carboxylic acids is 1. The molecule has 0 spiro atoms. The minimum atomic E-state index is -0.740. The summed E-state index contributed by atoms with van der Waals surface area (Å²) < 4.78 is 5.52. The Morgan fingerprint density at radius 3 is 2.76 bits per heavy atom. The second kappa shape index (κ2) is 6.76. The van der Waals surface area contributed by atoms with Crippen molar-refractivity contribution in [3.63, 3.8) is 0 Å². The lowest BCUT2D eigenvalue weighted by molar-refractivity contribution is -0.129. The van der Waals surface area contributed by atoms with Gasteiger partial charge in [0.05, 0.1) is 6.07 Å². The van der Waals surface area contributed by atoms with Crippen LogP contribution in [0.4, 0.5) is 0 Å². The fraction of sp³-hybridized carbons (Fsp3) is 0.857. The number of ketones is 1. The van der Waals surface area contributed by atoms with Crippen LogP contribution in [0.3, 0.4) is 0 Å². The largest absolute Gasteiger partial charge is 0.381 e. The van der Waals surface area contributed by atoms with Crippen molar-refractivity contribution in [1.29, 1.82) is 5.26 Å². The van der Waals surface area contributed by atoms with Crippen molar-refractivity contribution < 1.29 is 9.53 Å². The number of carbonyl (C=O) groups is 1. The molecule has 17 heavy (non-hydrogen) atoms. The van der Waals surface area contributed by atoms with Crippen LogP contribution in [-0.2, 0) is 9.53 Å². The molecule has 1 saturated carbocycles. The summed E-state index contributed by atoms with van der Waals surface area (Å²) in [6.45, 7) is 5.58. The van der Waals surface area contributed by atoms with Gasteiger partial charge in [0.25, 0.3) is 0 Å². The summed E-state index contributed by atoms with van der Waals surface area (Å²) in [6, 6.07) is 2.24. The molecule has 1 aliphatic rings. The molecule has 0 bridgehead atoms. The minimum Gasteiger partial charge on any atom is -0.381 e. The van der Waals surface area contributed by atoms with E-state index in [4.69, 9.17) is 4.74 Å². The molecule has 3 heteroatoms. The number of nitrogens with zero attached hydrogens (tertiary/aromatic N) is 1. The Hall–Kier alpha value is -0.880. The lowest BCUT2D eigenvalue weighted by atomic mass is 9.72. The van der Waals surface area contributed by atoms with Gasteiger partial charge in [-0.2, -0.15) is 5.26 Å². The Morgan fingerprint density at radius 2 is 2.18 bits per heavy atom. The van der Waals surface area contributed by atoms with E-state index in [1.807, 2.05) is 0 Å². The highest BCUT2D eigenvalue weighted by molar-refractivity contribution is 5.88. The molecule has 0 aliphatic heterocycles. The number of rotatable bonds is 6. The van der Waals surface area contributed by atoms with Crippen LogP contribution in [-0.4, -0.2) is 19.0 Å². The third kappa shape index (κ3) is 4.12. The van der Waals surface area contributed by atoms with E-state index in [9.17, 15) is 10.1 Å². The molecule has 1 aliphatic carbocycles. The summed E-state index contributed by atoms with van der Waals surface area (Å²) in [5.41, 5.74) is -0.740. The molecule has 3 nitrogen and oxygen atoms in total. The fourth-order valence-corrected chi connectivity index (χ4v) is 2.20. The quantitative estimate of drug-likeness (QED) is 0.667. The summed E-state index contributed by atoms with van der Waals surface area (Å²) >= 11 is 0. The monoisotopic (exact) mass is 237 g/mol. The van der Waals surface area contributed by atoms with Gasteiger partial charge in [-0.1, -0.05) is 20.3 Å². The normalized spacial score (nSPS) is 24.9. The average molecular weight is 237 g/mol. The zero-order valence-electron chi connectivity index (χ0n) is 11.0. The van der Waals surface area contributed by atoms with E-state index in [0.29, 0.717) is 25.4 Å². The third-order valence-corrected chi connectivity index (χ3v) is 3.52. The van der Waals surface area contributed by atoms with Crippen molar-refractivity contribution in [2.75, 3.05) is 13.2 Å². The Labute approximate surface area is 104 Å². The maximum absolute atomic E-state index is 11.8. The van der Waals surface area contributed by atoms with E-state index in [-0.39, 0.29) is 5.78 Å². The first kappa shape index (κ1) is 14.2. The molecular formula is C14H23NO2. The second-order valence-corrected chi connectivity index (χ2v) is 5.37. The van der Waals surface area contributed by atoms with Gasteiger partial charge in [0.2, 0.25) is 0 Å². The molecular weight excluding hydrogens is 214 g/mol.